The maximum Gasteiger partial charge on any atom is 0.149 e. The molecule has 4 heteroatoms. The average molecular weight is 219 g/mol. The van der Waals surface area contributed by atoms with E-state index < -0.39 is 5.54 Å². The summed E-state index contributed by atoms with van der Waals surface area (Å²) >= 11 is 0. The highest BCUT2D eigenvalue weighted by Crippen LogP contribution is 2.25. The van der Waals surface area contributed by atoms with Crippen LogP contribution >= 0.6 is 0 Å². The monoisotopic (exact) mass is 219 g/mol. The number of aromatic nitrogens is 2. The summed E-state index contributed by atoms with van der Waals surface area (Å²) in [5.74, 6) is 0.194. The minimum absolute atomic E-state index is 0.337. The topological polar surface area (TPSA) is 51.8 Å². The van der Waals surface area contributed by atoms with Gasteiger partial charge in [0.25, 0.3) is 0 Å². The maximum absolute atomic E-state index is 13.6. The number of para-hydroxylation sites is 1. The van der Waals surface area contributed by atoms with E-state index in [1.807, 2.05) is 13.8 Å². The second-order valence-corrected chi connectivity index (χ2v) is 4.48. The number of rotatable bonds is 1. The average Bonchev–Trinajstić information content (AvgIpc) is 2.17. The molecule has 0 saturated heterocycles. The van der Waals surface area contributed by atoms with Crippen molar-refractivity contribution >= 4 is 10.9 Å². The van der Waals surface area contributed by atoms with Gasteiger partial charge in [0.15, 0.2) is 0 Å². The highest BCUT2D eigenvalue weighted by Gasteiger charge is 2.21. The molecule has 2 aromatic rings. The molecule has 0 bridgehead atoms. The molecule has 0 aliphatic rings. The quantitative estimate of drug-likeness (QED) is 0.800. The smallest absolute Gasteiger partial charge is 0.149 e. The van der Waals surface area contributed by atoms with E-state index in [1.165, 1.54) is 6.07 Å². The first-order chi connectivity index (χ1) is 7.39. The summed E-state index contributed by atoms with van der Waals surface area (Å²) in [7, 11) is 0. The number of halogens is 1. The normalized spacial score (nSPS) is 12.1. The Balaban J connectivity index is 2.89. The third-order valence-corrected chi connectivity index (χ3v) is 2.40. The van der Waals surface area contributed by atoms with Gasteiger partial charge in [-0.2, -0.15) is 0 Å². The lowest BCUT2D eigenvalue weighted by Gasteiger charge is -2.20. The lowest BCUT2D eigenvalue weighted by Crippen LogP contribution is -2.30. The van der Waals surface area contributed by atoms with Gasteiger partial charge in [-0.1, -0.05) is 12.1 Å². The minimum Gasteiger partial charge on any atom is -0.321 e. The molecule has 1 heterocycles. The van der Waals surface area contributed by atoms with Gasteiger partial charge in [-0.3, -0.25) is 0 Å². The Morgan fingerprint density at radius 2 is 1.94 bits per heavy atom. The molecule has 1 aromatic heterocycles. The Morgan fingerprint density at radius 1 is 1.25 bits per heavy atom. The number of hydrogen-bond donors (Lipinski definition) is 1. The van der Waals surface area contributed by atoms with Gasteiger partial charge in [0, 0.05) is 5.39 Å². The third kappa shape index (κ3) is 1.76. The van der Waals surface area contributed by atoms with Crippen molar-refractivity contribution in [3.05, 3.63) is 35.5 Å². The Bertz CT molecular complexity index is 544. The summed E-state index contributed by atoms with van der Waals surface area (Å²) in [6.45, 7) is 5.43. The third-order valence-electron chi connectivity index (χ3n) is 2.40. The van der Waals surface area contributed by atoms with Crippen LogP contribution in [0.1, 0.15) is 25.4 Å². The van der Waals surface area contributed by atoms with Crippen LogP contribution < -0.4 is 5.73 Å². The predicted octanol–water partition coefficient (Wildman–Crippen LogP) is 2.27. The lowest BCUT2D eigenvalue weighted by atomic mass is 9.97. The van der Waals surface area contributed by atoms with E-state index in [-0.39, 0.29) is 5.82 Å². The number of nitrogens with zero attached hydrogens (tertiary/aromatic N) is 2. The molecule has 1 aromatic carbocycles. The molecule has 0 atom stereocenters. The lowest BCUT2D eigenvalue weighted by molar-refractivity contribution is 0.537. The van der Waals surface area contributed by atoms with Crippen molar-refractivity contribution in [2.75, 3.05) is 0 Å². The van der Waals surface area contributed by atoms with E-state index >= 15 is 0 Å². The van der Waals surface area contributed by atoms with Crippen molar-refractivity contribution in [2.45, 2.75) is 26.3 Å². The number of nitrogens with two attached hydrogens (primary N) is 1. The molecule has 2 rings (SSSR count). The zero-order chi connectivity index (χ0) is 11.9. The first kappa shape index (κ1) is 11.0. The zero-order valence-electron chi connectivity index (χ0n) is 9.58. The van der Waals surface area contributed by atoms with Crippen LogP contribution in [0.4, 0.5) is 4.39 Å². The molecule has 0 saturated carbocycles. The van der Waals surface area contributed by atoms with E-state index in [1.54, 1.807) is 19.1 Å². The molecule has 3 nitrogen and oxygen atoms in total. The van der Waals surface area contributed by atoms with Crippen LogP contribution in [0.2, 0.25) is 0 Å². The fourth-order valence-electron chi connectivity index (χ4n) is 1.72. The molecule has 84 valence electrons. The molecular formula is C12H14FN3. The van der Waals surface area contributed by atoms with Crippen molar-refractivity contribution in [3.63, 3.8) is 0 Å². The van der Waals surface area contributed by atoms with Gasteiger partial charge in [0.2, 0.25) is 0 Å². The number of aryl methyl sites for hydroxylation is 1. The summed E-state index contributed by atoms with van der Waals surface area (Å²) in [5, 5.41) is 0.679. The highest BCUT2D eigenvalue weighted by molar-refractivity contribution is 5.82. The second kappa shape index (κ2) is 3.49. The summed E-state index contributed by atoms with van der Waals surface area (Å²) in [6.07, 6.45) is 0. The van der Waals surface area contributed by atoms with Gasteiger partial charge >= 0.3 is 0 Å². The molecule has 2 N–H and O–H groups in total. The van der Waals surface area contributed by atoms with Gasteiger partial charge in [-0.25, -0.2) is 14.4 Å². The standard InChI is InChI=1S/C12H14FN3/c1-7-15-10-8(5-4-6-9(10)13)11(16-7)12(2,3)14/h4-6H,14H2,1-3H3. The van der Waals surface area contributed by atoms with Gasteiger partial charge in [-0.15, -0.1) is 0 Å². The molecule has 0 amide bonds. The van der Waals surface area contributed by atoms with Gasteiger partial charge in [0.05, 0.1) is 11.2 Å². The molecular weight excluding hydrogens is 205 g/mol. The van der Waals surface area contributed by atoms with Gasteiger partial charge < -0.3 is 5.73 Å². The van der Waals surface area contributed by atoms with Crippen LogP contribution in [-0.4, -0.2) is 9.97 Å². The molecule has 16 heavy (non-hydrogen) atoms. The Hall–Kier alpha value is -1.55. The molecule has 0 spiro atoms. The van der Waals surface area contributed by atoms with Crippen LogP contribution in [0, 0.1) is 12.7 Å². The van der Waals surface area contributed by atoms with E-state index in [4.69, 9.17) is 5.73 Å². The van der Waals surface area contributed by atoms with Crippen molar-refractivity contribution in [3.8, 4) is 0 Å². The summed E-state index contributed by atoms with van der Waals surface area (Å²) in [6, 6.07) is 4.83. The van der Waals surface area contributed by atoms with E-state index in [9.17, 15) is 4.39 Å². The molecule has 0 unspecified atom stereocenters. The fraction of sp³-hybridized carbons (Fsp3) is 0.333. The molecule has 0 fully saturated rings. The second-order valence-electron chi connectivity index (χ2n) is 4.48. The predicted molar refractivity (Wildman–Crippen MR) is 61.4 cm³/mol. The van der Waals surface area contributed by atoms with Gasteiger partial charge in [0.1, 0.15) is 17.2 Å². The van der Waals surface area contributed by atoms with E-state index in [0.717, 1.165) is 0 Å². The summed E-state index contributed by atoms with van der Waals surface area (Å²) < 4.78 is 13.6. The minimum atomic E-state index is -0.611. The highest BCUT2D eigenvalue weighted by atomic mass is 19.1. The summed E-state index contributed by atoms with van der Waals surface area (Å²) in [5.41, 5.74) is 6.43. The van der Waals surface area contributed by atoms with Crippen molar-refractivity contribution < 1.29 is 4.39 Å². The first-order valence-corrected chi connectivity index (χ1v) is 5.12. The summed E-state index contributed by atoms with van der Waals surface area (Å²) in [4.78, 5) is 8.42. The maximum atomic E-state index is 13.6. The number of fused-ring (bicyclic) bond motifs is 1. The Labute approximate surface area is 93.5 Å². The van der Waals surface area contributed by atoms with Crippen molar-refractivity contribution in [2.24, 2.45) is 5.73 Å². The van der Waals surface area contributed by atoms with E-state index in [0.29, 0.717) is 22.4 Å². The first-order valence-electron chi connectivity index (χ1n) is 5.12. The molecule has 0 aliphatic carbocycles. The van der Waals surface area contributed by atoms with Crippen LogP contribution in [0.3, 0.4) is 0 Å². The van der Waals surface area contributed by atoms with Crippen LogP contribution in [0.25, 0.3) is 10.9 Å². The van der Waals surface area contributed by atoms with Crippen molar-refractivity contribution in [1.82, 2.24) is 9.97 Å². The number of hydrogen-bond acceptors (Lipinski definition) is 3. The van der Waals surface area contributed by atoms with Crippen LogP contribution in [-0.2, 0) is 5.54 Å². The molecule has 0 aliphatic heterocycles. The molecule has 0 radical (unpaired) electrons. The van der Waals surface area contributed by atoms with Crippen molar-refractivity contribution in [1.29, 1.82) is 0 Å². The fourth-order valence-corrected chi connectivity index (χ4v) is 1.72. The van der Waals surface area contributed by atoms with E-state index in [2.05, 4.69) is 9.97 Å². The number of benzene rings is 1. The van der Waals surface area contributed by atoms with Crippen LogP contribution in [0.15, 0.2) is 18.2 Å². The Kier molecular flexibility index (Phi) is 2.39. The zero-order valence-corrected chi connectivity index (χ0v) is 9.58. The van der Waals surface area contributed by atoms with Gasteiger partial charge in [-0.05, 0) is 26.8 Å². The largest absolute Gasteiger partial charge is 0.321 e. The SMILES string of the molecule is Cc1nc(C(C)(C)N)c2cccc(F)c2n1. The Morgan fingerprint density at radius 3 is 2.56 bits per heavy atom. The van der Waals surface area contributed by atoms with Crippen LogP contribution in [0.5, 0.6) is 0 Å².